The number of imidazole rings is 1. The number of rotatable bonds is 2. The van der Waals surface area contributed by atoms with Crippen LogP contribution in [0.2, 0.25) is 0 Å². The Kier molecular flexibility index (Phi) is 3.66. The number of ketones is 3. The molecule has 5 heteroatoms. The lowest BCUT2D eigenvalue weighted by Gasteiger charge is -2.43. The summed E-state index contributed by atoms with van der Waals surface area (Å²) < 4.78 is 0. The van der Waals surface area contributed by atoms with Gasteiger partial charge in [0.25, 0.3) is 0 Å². The van der Waals surface area contributed by atoms with Crippen LogP contribution >= 0.6 is 0 Å². The smallest absolute Gasteiger partial charge is 0.178 e. The van der Waals surface area contributed by atoms with Crippen molar-refractivity contribution in [3.05, 3.63) is 89.5 Å². The summed E-state index contributed by atoms with van der Waals surface area (Å²) in [6.45, 7) is 0. The maximum absolute atomic E-state index is 13.8. The summed E-state index contributed by atoms with van der Waals surface area (Å²) in [6, 6.07) is 16.4. The highest BCUT2D eigenvalue weighted by Gasteiger charge is 2.65. The second-order valence-electron chi connectivity index (χ2n) is 7.51. The molecule has 1 N–H and O–H groups in total. The van der Waals surface area contributed by atoms with Gasteiger partial charge < -0.3 is 4.98 Å². The Morgan fingerprint density at radius 3 is 2.04 bits per heavy atom. The second-order valence-corrected chi connectivity index (χ2v) is 7.51. The largest absolute Gasteiger partial charge is 0.348 e. The Bertz CT molecular complexity index is 1050. The predicted octanol–water partition coefficient (Wildman–Crippen LogP) is 3.71. The van der Waals surface area contributed by atoms with Crippen LogP contribution < -0.4 is 0 Å². The summed E-state index contributed by atoms with van der Waals surface area (Å²) in [7, 11) is 0. The van der Waals surface area contributed by atoms with Crippen LogP contribution in [-0.4, -0.2) is 27.3 Å². The summed E-state index contributed by atoms with van der Waals surface area (Å²) in [5.41, 5.74) is 0.372. The van der Waals surface area contributed by atoms with Crippen molar-refractivity contribution in [2.24, 2.45) is 5.41 Å². The van der Waals surface area contributed by atoms with E-state index in [1.165, 1.54) is 0 Å². The Balaban J connectivity index is 1.79. The molecule has 2 aliphatic carbocycles. The predicted molar refractivity (Wildman–Crippen MR) is 102 cm³/mol. The molecule has 0 saturated heterocycles. The Morgan fingerprint density at radius 2 is 1.43 bits per heavy atom. The highest BCUT2D eigenvalue weighted by atomic mass is 16.2. The van der Waals surface area contributed by atoms with E-state index in [2.05, 4.69) is 9.97 Å². The van der Waals surface area contributed by atoms with Crippen LogP contribution in [0.3, 0.4) is 0 Å². The van der Waals surface area contributed by atoms with E-state index in [0.29, 0.717) is 17.0 Å². The molecule has 1 spiro atoms. The van der Waals surface area contributed by atoms with Crippen molar-refractivity contribution in [1.29, 1.82) is 0 Å². The Morgan fingerprint density at radius 1 is 0.821 bits per heavy atom. The lowest BCUT2D eigenvalue weighted by Crippen LogP contribution is -2.49. The highest BCUT2D eigenvalue weighted by Crippen LogP contribution is 2.59. The third-order valence-electron chi connectivity index (χ3n) is 6.18. The number of benzene rings is 2. The van der Waals surface area contributed by atoms with E-state index in [4.69, 9.17) is 0 Å². The van der Waals surface area contributed by atoms with Crippen LogP contribution in [-0.2, 0) is 4.79 Å². The first-order valence-corrected chi connectivity index (χ1v) is 9.38. The second kappa shape index (κ2) is 6.09. The van der Waals surface area contributed by atoms with Gasteiger partial charge in [-0.3, -0.25) is 14.4 Å². The number of nitrogens with one attached hydrogen (secondary N) is 1. The number of nitrogens with zero attached hydrogens (tertiary/aromatic N) is 1. The number of carbonyl (C=O) groups is 3. The van der Waals surface area contributed by atoms with Crippen LogP contribution in [0.5, 0.6) is 0 Å². The third-order valence-corrected chi connectivity index (χ3v) is 6.18. The SMILES string of the molecule is O=C1C[C@H](c2ncc[nH]2)C2(C(=O)c3ccccc3C2=O)[C@H](c2ccccc2)C1. The molecular formula is C23H18N2O3. The summed E-state index contributed by atoms with van der Waals surface area (Å²) in [6.07, 6.45) is 3.56. The summed E-state index contributed by atoms with van der Waals surface area (Å²) >= 11 is 0. The number of hydrogen-bond acceptors (Lipinski definition) is 4. The fourth-order valence-corrected chi connectivity index (χ4v) is 5.01. The van der Waals surface area contributed by atoms with Gasteiger partial charge in [0, 0.05) is 48.2 Å². The molecule has 2 aliphatic rings. The fourth-order valence-electron chi connectivity index (χ4n) is 5.01. The first-order chi connectivity index (χ1) is 13.6. The summed E-state index contributed by atoms with van der Waals surface area (Å²) in [5.74, 6) is -0.966. The maximum atomic E-state index is 13.8. The molecule has 0 amide bonds. The fraction of sp³-hybridized carbons (Fsp3) is 0.217. The standard InChI is InChI=1S/C23H18N2O3/c26-15-12-18(14-6-2-1-3-7-14)23(19(13-15)22-24-10-11-25-22)20(27)16-8-4-5-9-17(16)21(23)28/h1-11,18-19H,12-13H2,(H,24,25)/t18-,19+/m0/s1. The summed E-state index contributed by atoms with van der Waals surface area (Å²) in [5, 5.41) is 0. The molecule has 1 fully saturated rings. The molecule has 1 heterocycles. The lowest BCUT2D eigenvalue weighted by molar-refractivity contribution is -0.122. The molecule has 1 saturated carbocycles. The van der Waals surface area contributed by atoms with Gasteiger partial charge in [-0.2, -0.15) is 0 Å². The first kappa shape index (κ1) is 16.8. The average Bonchev–Trinajstić information content (AvgIpc) is 3.33. The highest BCUT2D eigenvalue weighted by molar-refractivity contribution is 6.31. The zero-order valence-corrected chi connectivity index (χ0v) is 15.1. The molecule has 0 radical (unpaired) electrons. The van der Waals surface area contributed by atoms with E-state index >= 15 is 0 Å². The number of fused-ring (bicyclic) bond motifs is 1. The first-order valence-electron chi connectivity index (χ1n) is 9.38. The van der Waals surface area contributed by atoms with Gasteiger partial charge in [-0.05, 0) is 5.56 Å². The van der Waals surface area contributed by atoms with Gasteiger partial charge in [0.2, 0.25) is 0 Å². The van der Waals surface area contributed by atoms with E-state index in [0.717, 1.165) is 5.56 Å². The number of aromatic nitrogens is 2. The average molecular weight is 370 g/mol. The van der Waals surface area contributed by atoms with Gasteiger partial charge in [-0.25, -0.2) is 4.98 Å². The van der Waals surface area contributed by atoms with Crippen molar-refractivity contribution < 1.29 is 14.4 Å². The minimum absolute atomic E-state index is 0.0393. The minimum atomic E-state index is -1.35. The van der Waals surface area contributed by atoms with Crippen LogP contribution in [0, 0.1) is 5.41 Å². The molecule has 0 bridgehead atoms. The van der Waals surface area contributed by atoms with Crippen LogP contribution in [0.15, 0.2) is 67.0 Å². The van der Waals surface area contributed by atoms with Gasteiger partial charge in [0.1, 0.15) is 17.0 Å². The van der Waals surface area contributed by atoms with Crippen molar-refractivity contribution in [2.45, 2.75) is 24.7 Å². The van der Waals surface area contributed by atoms with Crippen LogP contribution in [0.25, 0.3) is 0 Å². The minimum Gasteiger partial charge on any atom is -0.348 e. The molecule has 5 rings (SSSR count). The molecule has 138 valence electrons. The van der Waals surface area contributed by atoms with Crippen LogP contribution in [0.1, 0.15) is 56.8 Å². The maximum Gasteiger partial charge on any atom is 0.178 e. The Hall–Kier alpha value is -3.34. The van der Waals surface area contributed by atoms with Crippen molar-refractivity contribution >= 4 is 17.3 Å². The normalized spacial score (nSPS) is 23.2. The lowest BCUT2D eigenvalue weighted by atomic mass is 9.55. The number of carbonyl (C=O) groups excluding carboxylic acids is 3. The molecule has 28 heavy (non-hydrogen) atoms. The van der Waals surface area contributed by atoms with E-state index in [-0.39, 0.29) is 30.2 Å². The number of aromatic amines is 1. The van der Waals surface area contributed by atoms with Crippen molar-refractivity contribution in [3.8, 4) is 0 Å². The summed E-state index contributed by atoms with van der Waals surface area (Å²) in [4.78, 5) is 47.7. The van der Waals surface area contributed by atoms with E-state index in [1.54, 1.807) is 36.7 Å². The monoisotopic (exact) mass is 370 g/mol. The molecule has 2 aromatic carbocycles. The molecule has 1 aromatic heterocycles. The van der Waals surface area contributed by atoms with Crippen molar-refractivity contribution in [2.75, 3.05) is 0 Å². The molecule has 5 nitrogen and oxygen atoms in total. The van der Waals surface area contributed by atoms with Gasteiger partial charge in [-0.1, -0.05) is 54.6 Å². The van der Waals surface area contributed by atoms with Crippen molar-refractivity contribution in [1.82, 2.24) is 9.97 Å². The molecule has 2 atom stereocenters. The van der Waals surface area contributed by atoms with Gasteiger partial charge in [0.15, 0.2) is 11.6 Å². The van der Waals surface area contributed by atoms with Gasteiger partial charge in [0.05, 0.1) is 0 Å². The van der Waals surface area contributed by atoms with E-state index < -0.39 is 17.3 Å². The number of Topliss-reactive ketones (excluding diaryl/α,β-unsaturated/α-hetero) is 3. The number of hydrogen-bond donors (Lipinski definition) is 1. The van der Waals surface area contributed by atoms with E-state index in [1.807, 2.05) is 30.3 Å². The zero-order chi connectivity index (χ0) is 19.3. The molecular weight excluding hydrogens is 352 g/mol. The van der Waals surface area contributed by atoms with Crippen LogP contribution in [0.4, 0.5) is 0 Å². The van der Waals surface area contributed by atoms with Crippen molar-refractivity contribution in [3.63, 3.8) is 0 Å². The molecule has 3 aromatic rings. The number of H-pyrrole nitrogens is 1. The molecule has 0 aliphatic heterocycles. The van der Waals surface area contributed by atoms with Gasteiger partial charge in [-0.15, -0.1) is 0 Å². The quantitative estimate of drug-likeness (QED) is 0.698. The zero-order valence-electron chi connectivity index (χ0n) is 15.1. The van der Waals surface area contributed by atoms with E-state index in [9.17, 15) is 14.4 Å². The Labute approximate surface area is 161 Å². The molecule has 0 unspecified atom stereocenters. The third kappa shape index (κ3) is 2.13. The van der Waals surface area contributed by atoms with Gasteiger partial charge >= 0.3 is 0 Å². The topological polar surface area (TPSA) is 79.9 Å².